The number of rotatable bonds is 3. The Bertz CT molecular complexity index is 893. The van der Waals surface area contributed by atoms with E-state index in [0.29, 0.717) is 17.6 Å². The molecule has 1 saturated heterocycles. The highest BCUT2D eigenvalue weighted by atomic mass is 16.4. The molecule has 0 unspecified atom stereocenters. The van der Waals surface area contributed by atoms with Crippen LogP contribution in [0.3, 0.4) is 0 Å². The summed E-state index contributed by atoms with van der Waals surface area (Å²) < 4.78 is 5.61. The van der Waals surface area contributed by atoms with E-state index < -0.39 is 0 Å². The van der Waals surface area contributed by atoms with Gasteiger partial charge in [-0.2, -0.15) is 0 Å². The fourth-order valence-corrected chi connectivity index (χ4v) is 3.43. The standard InChI is InChI=1S/C21H21NO2/c23-21-18(13-16-7-3-1-4-8-16)14-17-9-10-19(15-20(17)24-21)22-11-5-2-6-12-22/h1,3-4,7-10,14-15H,2,5-6,11-13H2. The van der Waals surface area contributed by atoms with Crippen LogP contribution in [0.4, 0.5) is 5.69 Å². The summed E-state index contributed by atoms with van der Waals surface area (Å²) >= 11 is 0. The molecule has 1 aliphatic rings. The Morgan fingerprint density at radius 2 is 1.71 bits per heavy atom. The first-order valence-corrected chi connectivity index (χ1v) is 8.65. The van der Waals surface area contributed by atoms with Crippen LogP contribution in [0, 0.1) is 0 Å². The lowest BCUT2D eigenvalue weighted by atomic mass is 10.0. The van der Waals surface area contributed by atoms with E-state index in [4.69, 9.17) is 4.42 Å². The lowest BCUT2D eigenvalue weighted by Gasteiger charge is -2.28. The molecule has 1 fully saturated rings. The molecule has 1 aliphatic heterocycles. The highest BCUT2D eigenvalue weighted by molar-refractivity contribution is 5.81. The molecule has 2 heterocycles. The van der Waals surface area contributed by atoms with Crippen LogP contribution in [0.1, 0.15) is 30.4 Å². The quantitative estimate of drug-likeness (QED) is 0.672. The molecule has 3 heteroatoms. The molecular formula is C21H21NO2. The lowest BCUT2D eigenvalue weighted by Crippen LogP contribution is -2.29. The minimum atomic E-state index is -0.234. The average Bonchev–Trinajstić information content (AvgIpc) is 2.63. The molecule has 4 rings (SSSR count). The minimum Gasteiger partial charge on any atom is -0.422 e. The maximum Gasteiger partial charge on any atom is 0.339 e. The first-order chi connectivity index (χ1) is 11.8. The second kappa shape index (κ2) is 6.52. The topological polar surface area (TPSA) is 33.5 Å². The van der Waals surface area contributed by atoms with Gasteiger partial charge in [-0.25, -0.2) is 4.79 Å². The molecule has 0 saturated carbocycles. The van der Waals surface area contributed by atoms with Gasteiger partial charge in [-0.15, -0.1) is 0 Å². The molecule has 0 aliphatic carbocycles. The van der Waals surface area contributed by atoms with Crippen molar-refractivity contribution >= 4 is 16.7 Å². The Morgan fingerprint density at radius 1 is 0.917 bits per heavy atom. The Labute approximate surface area is 141 Å². The van der Waals surface area contributed by atoms with Gasteiger partial charge in [-0.05, 0) is 43.0 Å². The van der Waals surface area contributed by atoms with E-state index in [1.165, 1.54) is 19.3 Å². The van der Waals surface area contributed by atoms with Crippen molar-refractivity contribution in [2.45, 2.75) is 25.7 Å². The molecule has 2 aromatic carbocycles. The Morgan fingerprint density at radius 3 is 2.50 bits per heavy atom. The predicted molar refractivity (Wildman–Crippen MR) is 97.8 cm³/mol. The summed E-state index contributed by atoms with van der Waals surface area (Å²) in [6.07, 6.45) is 4.38. The van der Waals surface area contributed by atoms with Crippen LogP contribution in [-0.4, -0.2) is 13.1 Å². The summed E-state index contributed by atoms with van der Waals surface area (Å²) in [6, 6.07) is 18.2. The molecule has 3 aromatic rings. The van der Waals surface area contributed by atoms with Crippen LogP contribution >= 0.6 is 0 Å². The van der Waals surface area contributed by atoms with Gasteiger partial charge in [-0.1, -0.05) is 30.3 Å². The van der Waals surface area contributed by atoms with Crippen molar-refractivity contribution in [3.8, 4) is 0 Å². The van der Waals surface area contributed by atoms with Gasteiger partial charge in [0.15, 0.2) is 0 Å². The van der Waals surface area contributed by atoms with E-state index in [2.05, 4.69) is 17.0 Å². The second-order valence-electron chi connectivity index (χ2n) is 6.49. The van der Waals surface area contributed by atoms with Gasteiger partial charge in [-0.3, -0.25) is 0 Å². The normalized spacial score (nSPS) is 14.9. The number of hydrogen-bond acceptors (Lipinski definition) is 3. The minimum absolute atomic E-state index is 0.234. The largest absolute Gasteiger partial charge is 0.422 e. The van der Waals surface area contributed by atoms with Gasteiger partial charge < -0.3 is 9.32 Å². The first kappa shape index (κ1) is 15.0. The molecule has 24 heavy (non-hydrogen) atoms. The average molecular weight is 319 g/mol. The van der Waals surface area contributed by atoms with Crippen molar-refractivity contribution in [1.82, 2.24) is 0 Å². The molecule has 3 nitrogen and oxygen atoms in total. The Kier molecular flexibility index (Phi) is 4.08. The van der Waals surface area contributed by atoms with Crippen molar-refractivity contribution in [2.24, 2.45) is 0 Å². The zero-order valence-corrected chi connectivity index (χ0v) is 13.7. The molecule has 0 amide bonds. The third-order valence-electron chi connectivity index (χ3n) is 4.75. The number of anilines is 1. The molecular weight excluding hydrogens is 298 g/mol. The van der Waals surface area contributed by atoms with E-state index in [1.54, 1.807) is 0 Å². The summed E-state index contributed by atoms with van der Waals surface area (Å²) in [5, 5.41) is 0.987. The number of nitrogens with zero attached hydrogens (tertiary/aromatic N) is 1. The van der Waals surface area contributed by atoms with Crippen LogP contribution in [0.2, 0.25) is 0 Å². The summed E-state index contributed by atoms with van der Waals surface area (Å²) in [5.41, 5.74) is 3.43. The van der Waals surface area contributed by atoms with Crippen LogP contribution < -0.4 is 10.5 Å². The second-order valence-corrected chi connectivity index (χ2v) is 6.49. The number of piperidine rings is 1. The van der Waals surface area contributed by atoms with Crippen LogP contribution in [0.5, 0.6) is 0 Å². The summed E-state index contributed by atoms with van der Waals surface area (Å²) in [5.74, 6) is 0. The molecule has 0 bridgehead atoms. The maximum absolute atomic E-state index is 12.3. The Balaban J connectivity index is 1.67. The number of fused-ring (bicyclic) bond motifs is 1. The molecule has 0 N–H and O–H groups in total. The molecule has 1 aromatic heterocycles. The lowest BCUT2D eigenvalue weighted by molar-refractivity contribution is 0.550. The third kappa shape index (κ3) is 3.07. The van der Waals surface area contributed by atoms with Gasteiger partial charge in [0.1, 0.15) is 5.58 Å². The van der Waals surface area contributed by atoms with Gasteiger partial charge in [0.25, 0.3) is 0 Å². The molecule has 0 radical (unpaired) electrons. The summed E-state index contributed by atoms with van der Waals surface area (Å²) in [4.78, 5) is 14.7. The van der Waals surface area contributed by atoms with E-state index in [-0.39, 0.29) is 5.63 Å². The van der Waals surface area contributed by atoms with Crippen LogP contribution in [0.25, 0.3) is 11.0 Å². The summed E-state index contributed by atoms with van der Waals surface area (Å²) in [6.45, 7) is 2.17. The summed E-state index contributed by atoms with van der Waals surface area (Å²) in [7, 11) is 0. The van der Waals surface area contributed by atoms with Gasteiger partial charge in [0.2, 0.25) is 0 Å². The fourth-order valence-electron chi connectivity index (χ4n) is 3.43. The van der Waals surface area contributed by atoms with Crippen molar-refractivity contribution in [3.63, 3.8) is 0 Å². The SMILES string of the molecule is O=c1oc2cc(N3CCCCC3)ccc2cc1Cc1ccccc1. The van der Waals surface area contributed by atoms with Crippen molar-refractivity contribution in [1.29, 1.82) is 0 Å². The van der Waals surface area contributed by atoms with Gasteiger partial charge in [0, 0.05) is 42.2 Å². The Hall–Kier alpha value is -2.55. The number of benzene rings is 2. The van der Waals surface area contributed by atoms with E-state index in [0.717, 1.165) is 29.7 Å². The maximum atomic E-state index is 12.3. The smallest absolute Gasteiger partial charge is 0.339 e. The monoisotopic (exact) mass is 319 g/mol. The third-order valence-corrected chi connectivity index (χ3v) is 4.75. The molecule has 122 valence electrons. The van der Waals surface area contributed by atoms with Crippen LogP contribution in [-0.2, 0) is 6.42 Å². The van der Waals surface area contributed by atoms with Crippen molar-refractivity contribution in [3.05, 3.63) is 76.1 Å². The first-order valence-electron chi connectivity index (χ1n) is 8.65. The van der Waals surface area contributed by atoms with Gasteiger partial charge in [0.05, 0.1) is 0 Å². The van der Waals surface area contributed by atoms with Crippen molar-refractivity contribution in [2.75, 3.05) is 18.0 Å². The molecule has 0 atom stereocenters. The highest BCUT2D eigenvalue weighted by Crippen LogP contribution is 2.25. The fraction of sp³-hybridized carbons (Fsp3) is 0.286. The zero-order chi connectivity index (χ0) is 16.4. The van der Waals surface area contributed by atoms with Crippen molar-refractivity contribution < 1.29 is 4.42 Å². The van der Waals surface area contributed by atoms with Crippen LogP contribution in [0.15, 0.2) is 63.8 Å². The van der Waals surface area contributed by atoms with Gasteiger partial charge >= 0.3 is 5.63 Å². The van der Waals surface area contributed by atoms with E-state index >= 15 is 0 Å². The van der Waals surface area contributed by atoms with E-state index in [9.17, 15) is 4.79 Å². The number of hydrogen-bond donors (Lipinski definition) is 0. The van der Waals surface area contributed by atoms with E-state index in [1.807, 2.05) is 42.5 Å². The highest BCUT2D eigenvalue weighted by Gasteiger charge is 2.13. The molecule has 0 spiro atoms. The zero-order valence-electron chi connectivity index (χ0n) is 13.7. The predicted octanol–water partition coefficient (Wildman–Crippen LogP) is 4.37.